The molecule has 0 aliphatic rings. The van der Waals surface area contributed by atoms with Crippen LogP contribution in [0.4, 0.5) is 0 Å². The van der Waals surface area contributed by atoms with Crippen molar-refractivity contribution in [3.8, 4) is 0 Å². The molecule has 11 heavy (non-hydrogen) atoms. The van der Waals surface area contributed by atoms with Crippen LogP contribution in [0.1, 0.15) is 0 Å². The van der Waals surface area contributed by atoms with Crippen LogP contribution in [0.5, 0.6) is 0 Å². The van der Waals surface area contributed by atoms with Crippen molar-refractivity contribution in [3.63, 3.8) is 0 Å². The van der Waals surface area contributed by atoms with E-state index >= 15 is 0 Å². The van der Waals surface area contributed by atoms with Gasteiger partial charge >= 0.3 is 67.0 Å². The van der Waals surface area contributed by atoms with Gasteiger partial charge in [-0.25, -0.2) is 9.13 Å². The number of rotatable bonds is 2. The molecule has 0 rings (SSSR count). The molecule has 0 fully saturated rings. The van der Waals surface area contributed by atoms with Gasteiger partial charge in [-0.15, -0.1) is 0 Å². The molecule has 0 heterocycles. The summed E-state index contributed by atoms with van der Waals surface area (Å²) < 4.78 is 22.2. The van der Waals surface area contributed by atoms with E-state index in [4.69, 9.17) is 19.6 Å². The Morgan fingerprint density at radius 1 is 0.909 bits per heavy atom. The quantitative estimate of drug-likeness (QED) is 0.358. The van der Waals surface area contributed by atoms with E-state index in [1.807, 2.05) is 0 Å². The summed E-state index contributed by atoms with van der Waals surface area (Å²) in [6.07, 6.45) is 0. The molecule has 0 bridgehead atoms. The van der Waals surface area contributed by atoms with Crippen LogP contribution in [-0.4, -0.2) is 71.0 Å². The number of phosphoric acid groups is 2. The van der Waals surface area contributed by atoms with Crippen LogP contribution in [0.3, 0.4) is 0 Å². The minimum absolute atomic E-state index is 0. The fraction of sp³-hybridized carbons (Fsp3) is 0. The van der Waals surface area contributed by atoms with Gasteiger partial charge in [0.1, 0.15) is 0 Å². The Kier molecular flexibility index (Phi) is 11.8. The second kappa shape index (κ2) is 6.81. The van der Waals surface area contributed by atoms with E-state index in [2.05, 4.69) is 4.31 Å². The van der Waals surface area contributed by atoms with Gasteiger partial charge in [0.25, 0.3) is 0 Å². The number of hydrogen-bond donors (Lipinski definition) is 4. The summed E-state index contributed by atoms with van der Waals surface area (Å²) in [6.45, 7) is 0. The van der Waals surface area contributed by atoms with Crippen LogP contribution in [0.2, 0.25) is 0 Å². The van der Waals surface area contributed by atoms with E-state index in [-0.39, 0.29) is 68.5 Å². The van der Waals surface area contributed by atoms with Crippen molar-refractivity contribution in [2.75, 3.05) is 0 Å². The molecule has 0 aliphatic heterocycles. The molecule has 11 heteroatoms. The summed E-state index contributed by atoms with van der Waals surface area (Å²) in [7, 11) is -10.1. The fourth-order valence-electron chi connectivity index (χ4n) is 0.139. The maximum absolute atomic E-state index is 9.63. The zero-order chi connectivity index (χ0) is 7.71. The molecule has 0 atom stereocenters. The molecule has 7 nitrogen and oxygen atoms in total. The Labute approximate surface area is 115 Å². The summed E-state index contributed by atoms with van der Waals surface area (Å²) in [5.41, 5.74) is 0. The predicted molar refractivity (Wildman–Crippen MR) is 32.3 cm³/mol. The first-order valence-electron chi connectivity index (χ1n) is 1.53. The van der Waals surface area contributed by atoms with Gasteiger partial charge in [-0.3, -0.25) is 0 Å². The minimum atomic E-state index is -5.05. The molecule has 0 aromatic carbocycles. The third-order valence-corrected chi connectivity index (χ3v) is 1.91. The van der Waals surface area contributed by atoms with Crippen LogP contribution in [0.25, 0.3) is 0 Å². The van der Waals surface area contributed by atoms with Gasteiger partial charge in [0.05, 0.1) is 0 Å². The molecule has 0 radical (unpaired) electrons. The number of hydrogen-bond acceptors (Lipinski definition) is 3. The summed E-state index contributed by atoms with van der Waals surface area (Å²) >= 11 is 0. The van der Waals surface area contributed by atoms with E-state index < -0.39 is 15.6 Å². The zero-order valence-electron chi connectivity index (χ0n) is 4.26. The van der Waals surface area contributed by atoms with Crippen molar-refractivity contribution >= 4 is 67.0 Å². The maximum atomic E-state index is 9.63. The van der Waals surface area contributed by atoms with Crippen molar-refractivity contribution in [3.05, 3.63) is 0 Å². The SMILES string of the molecule is O=P(O)(O)OP(=O)(O)O.[Fe].[KH]. The van der Waals surface area contributed by atoms with Gasteiger partial charge in [0.2, 0.25) is 0 Å². The average molecular weight is 274 g/mol. The summed E-state index contributed by atoms with van der Waals surface area (Å²) in [5, 5.41) is 0. The van der Waals surface area contributed by atoms with Crippen molar-refractivity contribution in [2.45, 2.75) is 0 Å². The molecule has 0 amide bonds. The van der Waals surface area contributed by atoms with Crippen LogP contribution in [-0.2, 0) is 30.5 Å². The Bertz CT molecular complexity index is 157. The zero-order valence-corrected chi connectivity index (χ0v) is 7.15. The Balaban J connectivity index is -0.000000320. The molecule has 4 N–H and O–H groups in total. The van der Waals surface area contributed by atoms with Gasteiger partial charge in [-0.1, -0.05) is 0 Å². The Hall–Kier alpha value is 2.42. The van der Waals surface area contributed by atoms with E-state index in [0.29, 0.717) is 0 Å². The van der Waals surface area contributed by atoms with Gasteiger partial charge in [-0.05, 0) is 0 Å². The second-order valence-corrected chi connectivity index (χ2v) is 3.68. The first-order chi connectivity index (χ1) is 3.71. The molecule has 0 aromatic heterocycles. The van der Waals surface area contributed by atoms with Crippen molar-refractivity contribution in [1.29, 1.82) is 0 Å². The molecule has 0 spiro atoms. The normalized spacial score (nSPS) is 11.3. The van der Waals surface area contributed by atoms with Crippen molar-refractivity contribution < 1.29 is 50.1 Å². The molecule has 0 saturated carbocycles. The first-order valence-corrected chi connectivity index (χ1v) is 4.59. The third kappa shape index (κ3) is 19.0. The molecular formula is H5FeKO7P2. The molecule has 0 aliphatic carbocycles. The van der Waals surface area contributed by atoms with Gasteiger partial charge < -0.3 is 19.6 Å². The molecular weight excluding hydrogens is 269 g/mol. The molecule has 0 aromatic rings. The standard InChI is InChI=1S/Fe.K.H4O7P2.H/c;;1-8(2,3)7-9(4,5)6;/h;;(H2,1,2,3)(H2,4,5,6);. The van der Waals surface area contributed by atoms with Crippen molar-refractivity contribution in [2.24, 2.45) is 0 Å². The van der Waals surface area contributed by atoms with E-state index in [0.717, 1.165) is 0 Å². The third-order valence-electron chi connectivity index (χ3n) is 0.213. The fourth-order valence-corrected chi connectivity index (χ4v) is 1.25. The Morgan fingerprint density at radius 2 is 1.09 bits per heavy atom. The second-order valence-electron chi connectivity index (χ2n) is 1.06. The molecule has 0 unspecified atom stereocenters. The van der Waals surface area contributed by atoms with E-state index in [1.54, 1.807) is 0 Å². The van der Waals surface area contributed by atoms with Crippen LogP contribution >= 0.6 is 15.6 Å². The Morgan fingerprint density at radius 3 is 1.09 bits per heavy atom. The first kappa shape index (κ1) is 19.1. The van der Waals surface area contributed by atoms with E-state index in [1.165, 1.54) is 0 Å². The van der Waals surface area contributed by atoms with Gasteiger partial charge in [-0.2, -0.15) is 4.31 Å². The van der Waals surface area contributed by atoms with Crippen LogP contribution < -0.4 is 0 Å². The van der Waals surface area contributed by atoms with Crippen molar-refractivity contribution in [1.82, 2.24) is 0 Å². The van der Waals surface area contributed by atoms with Crippen LogP contribution in [0, 0.1) is 0 Å². The summed E-state index contributed by atoms with van der Waals surface area (Å²) in [6, 6.07) is 0. The topological polar surface area (TPSA) is 124 Å². The van der Waals surface area contributed by atoms with Crippen LogP contribution in [0.15, 0.2) is 0 Å². The monoisotopic (exact) mass is 274 g/mol. The molecule has 0 saturated heterocycles. The van der Waals surface area contributed by atoms with Gasteiger partial charge in [0.15, 0.2) is 0 Å². The average Bonchev–Trinajstić information content (AvgIpc) is 1.14. The predicted octanol–water partition coefficient (Wildman–Crippen LogP) is -1.46. The van der Waals surface area contributed by atoms with E-state index in [9.17, 15) is 9.13 Å². The molecule has 66 valence electrons. The summed E-state index contributed by atoms with van der Waals surface area (Å²) in [4.78, 5) is 31.0. The van der Waals surface area contributed by atoms with Gasteiger partial charge in [0, 0.05) is 17.1 Å². The summed E-state index contributed by atoms with van der Waals surface area (Å²) in [5.74, 6) is 0.